The molecular weight excluding hydrogens is 180 g/mol. The van der Waals surface area contributed by atoms with E-state index in [0.717, 1.165) is 19.3 Å². The maximum atomic E-state index is 10.9. The Balaban J connectivity index is 2.51. The fourth-order valence-corrected chi connectivity index (χ4v) is 2.15. The second-order valence-electron chi connectivity index (χ2n) is 2.58. The molecule has 1 aliphatic rings. The quantitative estimate of drug-likeness (QED) is 0.580. The van der Waals surface area contributed by atoms with Gasteiger partial charge in [-0.15, -0.1) is 0 Å². The van der Waals surface area contributed by atoms with Crippen molar-refractivity contribution in [2.75, 3.05) is 0 Å². The molecule has 0 N–H and O–H groups in total. The van der Waals surface area contributed by atoms with Gasteiger partial charge < -0.3 is 0 Å². The molecule has 52 valence electrons. The van der Waals surface area contributed by atoms with E-state index in [4.69, 9.17) is 0 Å². The number of Topliss-reactive ketones (excluding diaryl/α,β-unsaturated/α-hetero) is 1. The summed E-state index contributed by atoms with van der Waals surface area (Å²) in [5.74, 6) is 0.999. The Morgan fingerprint density at radius 2 is 2.44 bits per heavy atom. The van der Waals surface area contributed by atoms with Crippen molar-refractivity contribution >= 4 is 21.7 Å². The van der Waals surface area contributed by atoms with Crippen molar-refractivity contribution in [3.05, 3.63) is 0 Å². The lowest BCUT2D eigenvalue weighted by atomic mass is 10.1. The molecule has 0 amide bonds. The SMILES string of the molecule is CC[C@H]1CCC(=O)C1Br. The van der Waals surface area contributed by atoms with E-state index in [0.29, 0.717) is 11.7 Å². The van der Waals surface area contributed by atoms with Crippen LogP contribution in [-0.4, -0.2) is 10.6 Å². The molecule has 0 radical (unpaired) electrons. The minimum Gasteiger partial charge on any atom is -0.298 e. The number of carbonyl (C=O) groups is 1. The van der Waals surface area contributed by atoms with Gasteiger partial charge in [-0.05, 0) is 12.3 Å². The normalized spacial score (nSPS) is 35.6. The van der Waals surface area contributed by atoms with Crippen LogP contribution in [0, 0.1) is 5.92 Å². The Labute approximate surface area is 64.0 Å². The second kappa shape index (κ2) is 2.82. The van der Waals surface area contributed by atoms with Crippen LogP contribution in [0.4, 0.5) is 0 Å². The molecular formula is C7H11BrO. The Bertz CT molecular complexity index is 122. The average Bonchev–Trinajstić information content (AvgIpc) is 2.15. The van der Waals surface area contributed by atoms with Gasteiger partial charge in [-0.3, -0.25) is 4.79 Å². The van der Waals surface area contributed by atoms with E-state index < -0.39 is 0 Å². The van der Waals surface area contributed by atoms with Gasteiger partial charge in [0.05, 0.1) is 4.83 Å². The lowest BCUT2D eigenvalue weighted by Crippen LogP contribution is -2.12. The Morgan fingerprint density at radius 1 is 1.78 bits per heavy atom. The van der Waals surface area contributed by atoms with Crippen LogP contribution < -0.4 is 0 Å². The number of rotatable bonds is 1. The van der Waals surface area contributed by atoms with Gasteiger partial charge in [-0.1, -0.05) is 29.3 Å². The van der Waals surface area contributed by atoms with Crippen LogP contribution in [0.1, 0.15) is 26.2 Å². The van der Waals surface area contributed by atoms with Crippen molar-refractivity contribution in [1.29, 1.82) is 0 Å². The van der Waals surface area contributed by atoms with E-state index in [1.165, 1.54) is 0 Å². The minimum atomic E-state index is 0.169. The van der Waals surface area contributed by atoms with Crippen LogP contribution in [0.2, 0.25) is 0 Å². The summed E-state index contributed by atoms with van der Waals surface area (Å²) in [6.07, 6.45) is 3.00. The third-order valence-electron chi connectivity index (χ3n) is 2.01. The molecule has 9 heavy (non-hydrogen) atoms. The molecule has 2 atom stereocenters. The molecule has 1 nitrogen and oxygen atoms in total. The van der Waals surface area contributed by atoms with Crippen LogP contribution in [0.25, 0.3) is 0 Å². The highest BCUT2D eigenvalue weighted by Gasteiger charge is 2.30. The van der Waals surface area contributed by atoms with Gasteiger partial charge in [0.2, 0.25) is 0 Å². The molecule has 1 aliphatic carbocycles. The van der Waals surface area contributed by atoms with Gasteiger partial charge in [-0.25, -0.2) is 0 Å². The summed E-state index contributed by atoms with van der Waals surface area (Å²) in [4.78, 5) is 11.1. The van der Waals surface area contributed by atoms with E-state index >= 15 is 0 Å². The van der Waals surface area contributed by atoms with Gasteiger partial charge in [0.25, 0.3) is 0 Å². The van der Waals surface area contributed by atoms with Crippen molar-refractivity contribution in [2.45, 2.75) is 31.0 Å². The Hall–Kier alpha value is 0.150. The van der Waals surface area contributed by atoms with E-state index in [1.54, 1.807) is 0 Å². The van der Waals surface area contributed by atoms with Crippen molar-refractivity contribution < 1.29 is 4.79 Å². The molecule has 0 saturated heterocycles. The molecule has 0 aromatic carbocycles. The number of carbonyl (C=O) groups excluding carboxylic acids is 1. The van der Waals surface area contributed by atoms with Crippen LogP contribution in [0.5, 0.6) is 0 Å². The summed E-state index contributed by atoms with van der Waals surface area (Å²) in [5, 5.41) is 0. The monoisotopic (exact) mass is 190 g/mol. The first-order valence-corrected chi connectivity index (χ1v) is 4.34. The number of hydrogen-bond donors (Lipinski definition) is 0. The zero-order valence-corrected chi connectivity index (χ0v) is 7.15. The van der Waals surface area contributed by atoms with Gasteiger partial charge in [0.15, 0.2) is 0 Å². The summed E-state index contributed by atoms with van der Waals surface area (Å²) in [6.45, 7) is 2.14. The topological polar surface area (TPSA) is 17.1 Å². The average molecular weight is 191 g/mol. The first kappa shape index (κ1) is 7.26. The van der Waals surface area contributed by atoms with Crippen molar-refractivity contribution in [3.63, 3.8) is 0 Å². The fraction of sp³-hybridized carbons (Fsp3) is 0.857. The molecule has 1 saturated carbocycles. The predicted molar refractivity (Wildman–Crippen MR) is 40.7 cm³/mol. The van der Waals surface area contributed by atoms with E-state index in [9.17, 15) is 4.79 Å². The lowest BCUT2D eigenvalue weighted by Gasteiger charge is -2.07. The molecule has 1 unspecified atom stereocenters. The maximum absolute atomic E-state index is 10.9. The van der Waals surface area contributed by atoms with Gasteiger partial charge in [0.1, 0.15) is 5.78 Å². The number of ketones is 1. The molecule has 0 aromatic heterocycles. The first-order valence-electron chi connectivity index (χ1n) is 3.42. The third kappa shape index (κ3) is 1.34. The highest BCUT2D eigenvalue weighted by atomic mass is 79.9. The highest BCUT2D eigenvalue weighted by molar-refractivity contribution is 9.10. The maximum Gasteiger partial charge on any atom is 0.146 e. The van der Waals surface area contributed by atoms with Crippen molar-refractivity contribution in [2.24, 2.45) is 5.92 Å². The van der Waals surface area contributed by atoms with Crippen LogP contribution in [-0.2, 0) is 4.79 Å². The van der Waals surface area contributed by atoms with Crippen molar-refractivity contribution in [3.8, 4) is 0 Å². The molecule has 0 spiro atoms. The number of hydrogen-bond acceptors (Lipinski definition) is 1. The van der Waals surface area contributed by atoms with Gasteiger partial charge in [-0.2, -0.15) is 0 Å². The van der Waals surface area contributed by atoms with Gasteiger partial charge in [0, 0.05) is 6.42 Å². The molecule has 0 heterocycles. The largest absolute Gasteiger partial charge is 0.298 e. The van der Waals surface area contributed by atoms with Crippen molar-refractivity contribution in [1.82, 2.24) is 0 Å². The summed E-state index contributed by atoms with van der Waals surface area (Å²) in [5.41, 5.74) is 0. The summed E-state index contributed by atoms with van der Waals surface area (Å²) in [6, 6.07) is 0. The third-order valence-corrected chi connectivity index (χ3v) is 3.27. The van der Waals surface area contributed by atoms with E-state index in [-0.39, 0.29) is 4.83 Å². The molecule has 1 fully saturated rings. The highest BCUT2D eigenvalue weighted by Crippen LogP contribution is 2.30. The first-order chi connectivity index (χ1) is 4.25. The molecule has 0 aromatic rings. The lowest BCUT2D eigenvalue weighted by molar-refractivity contribution is -0.117. The minimum absolute atomic E-state index is 0.169. The van der Waals surface area contributed by atoms with Crippen LogP contribution in [0.3, 0.4) is 0 Å². The molecule has 0 bridgehead atoms. The number of alkyl halides is 1. The standard InChI is InChI=1S/C7H11BrO/c1-2-5-3-4-6(9)7(5)8/h5,7H,2-4H2,1H3/t5-,7?/m0/s1. The summed E-state index contributed by atoms with van der Waals surface area (Å²) >= 11 is 3.38. The molecule has 0 aliphatic heterocycles. The zero-order chi connectivity index (χ0) is 6.85. The zero-order valence-electron chi connectivity index (χ0n) is 5.56. The van der Waals surface area contributed by atoms with E-state index in [2.05, 4.69) is 22.9 Å². The summed E-state index contributed by atoms with van der Waals surface area (Å²) in [7, 11) is 0. The van der Waals surface area contributed by atoms with Crippen LogP contribution >= 0.6 is 15.9 Å². The fourth-order valence-electron chi connectivity index (χ4n) is 1.29. The Morgan fingerprint density at radius 3 is 2.67 bits per heavy atom. The second-order valence-corrected chi connectivity index (χ2v) is 3.56. The summed E-state index contributed by atoms with van der Waals surface area (Å²) < 4.78 is 0. The predicted octanol–water partition coefficient (Wildman–Crippen LogP) is 2.14. The van der Waals surface area contributed by atoms with Gasteiger partial charge >= 0.3 is 0 Å². The molecule has 2 heteroatoms. The number of halogens is 1. The smallest absolute Gasteiger partial charge is 0.146 e. The Kier molecular flexibility index (Phi) is 2.28. The van der Waals surface area contributed by atoms with Crippen LogP contribution in [0.15, 0.2) is 0 Å². The molecule has 1 rings (SSSR count). The van der Waals surface area contributed by atoms with E-state index in [1.807, 2.05) is 0 Å².